The van der Waals surface area contributed by atoms with Gasteiger partial charge < -0.3 is 9.73 Å². The summed E-state index contributed by atoms with van der Waals surface area (Å²) in [6.07, 6.45) is 4.16. The van der Waals surface area contributed by atoms with E-state index in [-0.39, 0.29) is 11.4 Å². The fraction of sp³-hybridized carbons (Fsp3) is 0.667. The Hall–Kier alpha value is -0.960. The Morgan fingerprint density at radius 2 is 2.11 bits per heavy atom. The van der Waals surface area contributed by atoms with Crippen LogP contribution in [0.25, 0.3) is 0 Å². The zero-order chi connectivity index (χ0) is 14.0. The Morgan fingerprint density at radius 1 is 1.47 bits per heavy atom. The van der Waals surface area contributed by atoms with E-state index in [4.69, 9.17) is 16.0 Å². The largest absolute Gasteiger partial charge is 0.466 e. The summed E-state index contributed by atoms with van der Waals surface area (Å²) in [5.41, 5.74) is 0.378. The highest BCUT2D eigenvalue weighted by atomic mass is 35.5. The number of hydrogen-bond donors (Lipinski definition) is 1. The molecule has 2 rings (SSSR count). The summed E-state index contributed by atoms with van der Waals surface area (Å²) < 4.78 is 5.41. The van der Waals surface area contributed by atoms with Gasteiger partial charge in [0.05, 0.1) is 11.1 Å². The first-order valence-corrected chi connectivity index (χ1v) is 7.45. The lowest BCUT2D eigenvalue weighted by Crippen LogP contribution is -2.52. The minimum atomic E-state index is -0.247. The number of furan rings is 1. The van der Waals surface area contributed by atoms with Crippen LogP contribution in [0.3, 0.4) is 0 Å². The molecule has 3 nitrogen and oxygen atoms in total. The van der Waals surface area contributed by atoms with Crippen LogP contribution in [-0.4, -0.2) is 17.3 Å². The van der Waals surface area contributed by atoms with Gasteiger partial charge in [0.2, 0.25) is 0 Å². The second-order valence-electron chi connectivity index (χ2n) is 5.88. The lowest BCUT2D eigenvalue weighted by molar-refractivity contribution is 0.0871. The number of carbonyl (C=O) groups excluding carboxylic acids is 1. The molecule has 1 fully saturated rings. The maximum atomic E-state index is 12.4. The highest BCUT2D eigenvalue weighted by molar-refractivity contribution is 6.19. The molecule has 1 aliphatic rings. The number of alkyl halides is 1. The standard InChI is InChI=1S/C15H22ClNO2/c1-10-4-6-15(9-16,7-5-10)17-14(18)13-8-11(2)19-12(13)3/h8,10H,4-7,9H2,1-3H3,(H,17,18). The molecule has 106 valence electrons. The van der Waals surface area contributed by atoms with Crippen molar-refractivity contribution in [2.45, 2.75) is 52.0 Å². The SMILES string of the molecule is Cc1cc(C(=O)NC2(CCl)CCC(C)CC2)c(C)o1. The molecule has 1 N–H and O–H groups in total. The fourth-order valence-electron chi connectivity index (χ4n) is 2.77. The van der Waals surface area contributed by atoms with Gasteiger partial charge in [-0.05, 0) is 51.5 Å². The molecule has 4 heteroatoms. The summed E-state index contributed by atoms with van der Waals surface area (Å²) in [5.74, 6) is 2.57. The third-order valence-corrected chi connectivity index (χ3v) is 4.66. The lowest BCUT2D eigenvalue weighted by Gasteiger charge is -2.38. The van der Waals surface area contributed by atoms with E-state index in [9.17, 15) is 4.79 Å². The van der Waals surface area contributed by atoms with E-state index in [0.717, 1.165) is 37.4 Å². The first kappa shape index (κ1) is 14.4. The van der Waals surface area contributed by atoms with Crippen LogP contribution in [0.2, 0.25) is 0 Å². The first-order valence-electron chi connectivity index (χ1n) is 6.91. The number of halogens is 1. The van der Waals surface area contributed by atoms with Crippen molar-refractivity contribution in [3.05, 3.63) is 23.2 Å². The summed E-state index contributed by atoms with van der Waals surface area (Å²) in [4.78, 5) is 12.4. The van der Waals surface area contributed by atoms with E-state index in [1.807, 2.05) is 13.8 Å². The van der Waals surface area contributed by atoms with Gasteiger partial charge in [0.1, 0.15) is 11.5 Å². The molecule has 0 aliphatic heterocycles. The van der Waals surface area contributed by atoms with E-state index >= 15 is 0 Å². The Kier molecular flexibility index (Phi) is 4.24. The molecule has 1 aliphatic carbocycles. The van der Waals surface area contributed by atoms with E-state index in [2.05, 4.69) is 12.2 Å². The zero-order valence-corrected chi connectivity index (χ0v) is 12.6. The molecule has 0 unspecified atom stereocenters. The smallest absolute Gasteiger partial charge is 0.255 e. The van der Waals surface area contributed by atoms with Gasteiger partial charge in [-0.15, -0.1) is 11.6 Å². The first-order chi connectivity index (χ1) is 8.96. The molecule has 0 saturated heterocycles. The summed E-state index contributed by atoms with van der Waals surface area (Å²) in [6, 6.07) is 1.79. The number of carbonyl (C=O) groups is 1. The van der Waals surface area contributed by atoms with Crippen molar-refractivity contribution in [1.29, 1.82) is 0 Å². The Bertz CT molecular complexity index is 459. The molecule has 0 atom stereocenters. The molecule has 0 aromatic carbocycles. The molecule has 1 heterocycles. The average Bonchev–Trinajstić information content (AvgIpc) is 2.72. The third-order valence-electron chi connectivity index (χ3n) is 4.15. The normalized spacial score (nSPS) is 27.3. The number of aryl methyl sites for hydroxylation is 2. The van der Waals surface area contributed by atoms with E-state index < -0.39 is 0 Å². The topological polar surface area (TPSA) is 42.2 Å². The predicted molar refractivity (Wildman–Crippen MR) is 76.7 cm³/mol. The maximum Gasteiger partial charge on any atom is 0.255 e. The van der Waals surface area contributed by atoms with Crippen LogP contribution in [0.1, 0.15) is 54.5 Å². The molecule has 0 spiro atoms. The summed E-state index contributed by atoms with van der Waals surface area (Å²) >= 11 is 6.12. The summed E-state index contributed by atoms with van der Waals surface area (Å²) in [5, 5.41) is 3.14. The minimum absolute atomic E-state index is 0.0652. The van der Waals surface area contributed by atoms with Gasteiger partial charge in [-0.25, -0.2) is 0 Å². The third kappa shape index (κ3) is 3.14. The van der Waals surface area contributed by atoms with Gasteiger partial charge in [-0.3, -0.25) is 4.79 Å². The molecule has 1 amide bonds. The molecular weight excluding hydrogens is 262 g/mol. The molecule has 0 radical (unpaired) electrons. The van der Waals surface area contributed by atoms with Crippen LogP contribution < -0.4 is 5.32 Å². The quantitative estimate of drug-likeness (QED) is 0.857. The minimum Gasteiger partial charge on any atom is -0.466 e. The molecule has 19 heavy (non-hydrogen) atoms. The Labute approximate surface area is 119 Å². The van der Waals surface area contributed by atoms with Crippen molar-refractivity contribution in [2.75, 3.05) is 5.88 Å². The van der Waals surface area contributed by atoms with Gasteiger partial charge in [-0.2, -0.15) is 0 Å². The Balaban J connectivity index is 2.10. The van der Waals surface area contributed by atoms with E-state index in [0.29, 0.717) is 17.2 Å². The van der Waals surface area contributed by atoms with Crippen LogP contribution >= 0.6 is 11.6 Å². The van der Waals surface area contributed by atoms with Crippen molar-refractivity contribution >= 4 is 17.5 Å². The van der Waals surface area contributed by atoms with Crippen molar-refractivity contribution in [2.24, 2.45) is 5.92 Å². The van der Waals surface area contributed by atoms with Crippen molar-refractivity contribution in [3.8, 4) is 0 Å². The fourth-order valence-corrected chi connectivity index (χ4v) is 3.11. The summed E-state index contributed by atoms with van der Waals surface area (Å²) in [6.45, 7) is 5.92. The van der Waals surface area contributed by atoms with Crippen molar-refractivity contribution < 1.29 is 9.21 Å². The van der Waals surface area contributed by atoms with E-state index in [1.54, 1.807) is 6.07 Å². The highest BCUT2D eigenvalue weighted by Crippen LogP contribution is 2.33. The van der Waals surface area contributed by atoms with Gasteiger partial charge in [0.25, 0.3) is 5.91 Å². The molecule has 1 saturated carbocycles. The second-order valence-corrected chi connectivity index (χ2v) is 6.14. The van der Waals surface area contributed by atoms with Crippen LogP contribution in [0.4, 0.5) is 0 Å². The molecule has 1 aromatic heterocycles. The van der Waals surface area contributed by atoms with E-state index in [1.165, 1.54) is 0 Å². The number of hydrogen-bond acceptors (Lipinski definition) is 2. The van der Waals surface area contributed by atoms with Crippen LogP contribution in [0.5, 0.6) is 0 Å². The monoisotopic (exact) mass is 283 g/mol. The molecule has 1 aromatic rings. The summed E-state index contributed by atoms with van der Waals surface area (Å²) in [7, 11) is 0. The number of rotatable bonds is 3. The van der Waals surface area contributed by atoms with Gasteiger partial charge in [-0.1, -0.05) is 6.92 Å². The van der Waals surface area contributed by atoms with Crippen LogP contribution in [-0.2, 0) is 0 Å². The molecular formula is C15H22ClNO2. The van der Waals surface area contributed by atoms with Crippen molar-refractivity contribution in [3.63, 3.8) is 0 Å². The van der Waals surface area contributed by atoms with Crippen molar-refractivity contribution in [1.82, 2.24) is 5.32 Å². The highest BCUT2D eigenvalue weighted by Gasteiger charge is 2.35. The van der Waals surface area contributed by atoms with Crippen LogP contribution in [0.15, 0.2) is 10.5 Å². The zero-order valence-electron chi connectivity index (χ0n) is 11.9. The average molecular weight is 284 g/mol. The molecule has 0 bridgehead atoms. The van der Waals surface area contributed by atoms with Gasteiger partial charge in [0.15, 0.2) is 0 Å². The predicted octanol–water partition coefficient (Wildman–Crippen LogP) is 3.81. The van der Waals surface area contributed by atoms with Crippen LogP contribution in [0, 0.1) is 19.8 Å². The van der Waals surface area contributed by atoms with Gasteiger partial charge in [0, 0.05) is 5.88 Å². The maximum absolute atomic E-state index is 12.4. The van der Waals surface area contributed by atoms with Gasteiger partial charge >= 0.3 is 0 Å². The lowest BCUT2D eigenvalue weighted by atomic mass is 9.78. The number of amides is 1. The Morgan fingerprint density at radius 3 is 2.58 bits per heavy atom. The number of nitrogens with one attached hydrogen (secondary N) is 1. The second kappa shape index (κ2) is 5.58.